The summed E-state index contributed by atoms with van der Waals surface area (Å²) in [6.45, 7) is -0.692. The summed E-state index contributed by atoms with van der Waals surface area (Å²) < 4.78 is 19.3. The number of anilines is 1. The fourth-order valence-corrected chi connectivity index (χ4v) is 2.02. The van der Waals surface area contributed by atoms with Crippen LogP contribution in [0.3, 0.4) is 0 Å². The lowest BCUT2D eigenvalue weighted by atomic mass is 10.3. The zero-order valence-electron chi connectivity index (χ0n) is 13.9. The van der Waals surface area contributed by atoms with Gasteiger partial charge in [-0.25, -0.2) is 9.18 Å². The van der Waals surface area contributed by atoms with E-state index in [1.165, 1.54) is 31.3 Å². The third-order valence-corrected chi connectivity index (χ3v) is 3.41. The molecule has 0 aliphatic heterocycles. The van der Waals surface area contributed by atoms with E-state index < -0.39 is 30.2 Å². The van der Waals surface area contributed by atoms with Gasteiger partial charge in [0.25, 0.3) is 5.91 Å². The highest BCUT2D eigenvalue weighted by Gasteiger charge is 2.17. The minimum Gasteiger partial charge on any atom is -0.451 e. The topological polar surface area (TPSA) is 80.6 Å². The Bertz CT molecular complexity index is 770. The molecule has 1 N–H and O–H groups in total. The lowest BCUT2D eigenvalue weighted by Gasteiger charge is -2.16. The molecule has 0 fully saturated rings. The van der Waals surface area contributed by atoms with E-state index >= 15 is 0 Å². The summed E-state index contributed by atoms with van der Waals surface area (Å²) in [6.07, 6.45) is 1.68. The van der Waals surface area contributed by atoms with Crippen LogP contribution in [0.25, 0.3) is 0 Å². The zero-order valence-corrected chi connectivity index (χ0v) is 13.9. The number of aryl methyl sites for hydroxylation is 1. The highest BCUT2D eigenvalue weighted by Crippen LogP contribution is 2.08. The van der Waals surface area contributed by atoms with Crippen LogP contribution < -0.4 is 5.32 Å². The predicted molar refractivity (Wildman–Crippen MR) is 88.4 cm³/mol. The van der Waals surface area contributed by atoms with Gasteiger partial charge in [0.1, 0.15) is 11.5 Å². The lowest BCUT2D eigenvalue weighted by molar-refractivity contribution is -0.136. The number of esters is 1. The Morgan fingerprint density at radius 1 is 1.20 bits per heavy atom. The summed E-state index contributed by atoms with van der Waals surface area (Å²) in [5.41, 5.74) is 0.742. The van der Waals surface area contributed by atoms with Crippen molar-refractivity contribution in [3.63, 3.8) is 0 Å². The quantitative estimate of drug-likeness (QED) is 0.802. The molecular formula is C17H18FN3O4. The molecule has 8 heteroatoms. The molecule has 2 aromatic rings. The summed E-state index contributed by atoms with van der Waals surface area (Å²) in [4.78, 5) is 36.8. The normalized spacial score (nSPS) is 10.2. The second-order valence-corrected chi connectivity index (χ2v) is 5.39. The monoisotopic (exact) mass is 347 g/mol. The van der Waals surface area contributed by atoms with Crippen LogP contribution in [0.2, 0.25) is 0 Å². The van der Waals surface area contributed by atoms with Gasteiger partial charge in [-0.15, -0.1) is 0 Å². The molecule has 1 aromatic carbocycles. The molecular weight excluding hydrogens is 329 g/mol. The molecule has 0 aliphatic rings. The largest absolute Gasteiger partial charge is 0.451 e. The van der Waals surface area contributed by atoms with Crippen molar-refractivity contribution in [2.45, 2.75) is 0 Å². The summed E-state index contributed by atoms with van der Waals surface area (Å²) in [5, 5.41) is 2.54. The Kier molecular flexibility index (Phi) is 5.89. The van der Waals surface area contributed by atoms with Gasteiger partial charge in [0.15, 0.2) is 6.61 Å². The van der Waals surface area contributed by atoms with Crippen molar-refractivity contribution >= 4 is 23.5 Å². The molecule has 0 bridgehead atoms. The van der Waals surface area contributed by atoms with E-state index in [0.717, 1.165) is 4.90 Å². The van der Waals surface area contributed by atoms with Crippen LogP contribution >= 0.6 is 0 Å². The Morgan fingerprint density at radius 2 is 1.88 bits per heavy atom. The molecule has 0 saturated carbocycles. The van der Waals surface area contributed by atoms with Gasteiger partial charge in [0, 0.05) is 26.0 Å². The van der Waals surface area contributed by atoms with Gasteiger partial charge in [0.2, 0.25) is 5.91 Å². The number of aromatic nitrogens is 1. The number of amides is 2. The lowest BCUT2D eigenvalue weighted by Crippen LogP contribution is -2.37. The number of halogens is 1. The molecule has 7 nitrogen and oxygen atoms in total. The molecule has 0 radical (unpaired) electrons. The number of nitrogens with zero attached hydrogens (tertiary/aromatic N) is 2. The van der Waals surface area contributed by atoms with Crippen molar-refractivity contribution in [1.29, 1.82) is 0 Å². The SMILES string of the molecule is CN(CC(=O)Nc1ccc(F)cc1)C(=O)COC(=O)c1cccn1C. The van der Waals surface area contributed by atoms with Crippen LogP contribution in [0.1, 0.15) is 10.5 Å². The van der Waals surface area contributed by atoms with Crippen molar-refractivity contribution in [3.05, 3.63) is 54.1 Å². The number of rotatable bonds is 6. The van der Waals surface area contributed by atoms with Crippen LogP contribution in [0.4, 0.5) is 10.1 Å². The van der Waals surface area contributed by atoms with E-state index in [-0.39, 0.29) is 6.54 Å². The molecule has 0 spiro atoms. The Labute approximate surface area is 144 Å². The molecule has 0 saturated heterocycles. The minimum atomic E-state index is -0.620. The first-order valence-corrected chi connectivity index (χ1v) is 7.44. The second-order valence-electron chi connectivity index (χ2n) is 5.39. The molecule has 25 heavy (non-hydrogen) atoms. The highest BCUT2D eigenvalue weighted by atomic mass is 19.1. The first-order valence-electron chi connectivity index (χ1n) is 7.44. The van der Waals surface area contributed by atoms with Crippen molar-refractivity contribution in [3.8, 4) is 0 Å². The molecule has 132 valence electrons. The molecule has 1 aromatic heterocycles. The predicted octanol–water partition coefficient (Wildman–Crippen LogP) is 1.42. The van der Waals surface area contributed by atoms with Gasteiger partial charge in [0.05, 0.1) is 6.54 Å². The highest BCUT2D eigenvalue weighted by molar-refractivity contribution is 5.95. The van der Waals surface area contributed by atoms with Gasteiger partial charge in [-0.05, 0) is 36.4 Å². The van der Waals surface area contributed by atoms with Crippen LogP contribution in [0.5, 0.6) is 0 Å². The van der Waals surface area contributed by atoms with Crippen LogP contribution in [0.15, 0.2) is 42.6 Å². The number of benzene rings is 1. The van der Waals surface area contributed by atoms with Gasteiger partial charge < -0.3 is 19.5 Å². The Hall–Kier alpha value is -3.16. The molecule has 1 heterocycles. The van der Waals surface area contributed by atoms with Crippen molar-refractivity contribution < 1.29 is 23.5 Å². The number of likely N-dealkylation sites (N-methyl/N-ethyl adjacent to an activating group) is 1. The second kappa shape index (κ2) is 8.09. The summed E-state index contributed by atoms with van der Waals surface area (Å²) in [5.74, 6) is -2.00. The van der Waals surface area contributed by atoms with Gasteiger partial charge in [-0.2, -0.15) is 0 Å². The first-order chi connectivity index (χ1) is 11.9. The fourth-order valence-electron chi connectivity index (χ4n) is 2.02. The smallest absolute Gasteiger partial charge is 0.355 e. The Balaban J connectivity index is 1.79. The summed E-state index contributed by atoms with van der Waals surface area (Å²) in [7, 11) is 3.10. The third kappa shape index (κ3) is 5.17. The van der Waals surface area contributed by atoms with Crippen molar-refractivity contribution in [2.75, 3.05) is 25.5 Å². The van der Waals surface area contributed by atoms with Crippen molar-refractivity contribution in [2.24, 2.45) is 7.05 Å². The Morgan fingerprint density at radius 3 is 2.48 bits per heavy atom. The van der Waals surface area contributed by atoms with Crippen LogP contribution in [-0.4, -0.2) is 47.4 Å². The van der Waals surface area contributed by atoms with Crippen LogP contribution in [-0.2, 0) is 21.4 Å². The minimum absolute atomic E-state index is 0.224. The van der Waals surface area contributed by atoms with E-state index in [4.69, 9.17) is 4.74 Å². The standard InChI is InChI=1S/C17H18FN3O4/c1-20-9-3-4-14(20)17(24)25-11-16(23)21(2)10-15(22)19-13-7-5-12(18)6-8-13/h3-9H,10-11H2,1-2H3,(H,19,22). The number of carbonyl (C=O) groups is 3. The third-order valence-electron chi connectivity index (χ3n) is 3.41. The van der Waals surface area contributed by atoms with E-state index in [2.05, 4.69) is 5.32 Å². The maximum atomic E-state index is 12.8. The number of hydrogen-bond donors (Lipinski definition) is 1. The zero-order chi connectivity index (χ0) is 18.4. The van der Waals surface area contributed by atoms with E-state index in [1.54, 1.807) is 29.9 Å². The maximum absolute atomic E-state index is 12.8. The summed E-state index contributed by atoms with van der Waals surface area (Å²) >= 11 is 0. The average Bonchev–Trinajstić information content (AvgIpc) is 3.00. The molecule has 0 atom stereocenters. The number of ether oxygens (including phenoxy) is 1. The van der Waals surface area contributed by atoms with E-state index in [9.17, 15) is 18.8 Å². The first kappa shape index (κ1) is 18.2. The molecule has 0 aliphatic carbocycles. The van der Waals surface area contributed by atoms with Crippen LogP contribution in [0, 0.1) is 5.82 Å². The molecule has 2 rings (SSSR count). The van der Waals surface area contributed by atoms with Gasteiger partial charge in [-0.3, -0.25) is 9.59 Å². The number of hydrogen-bond acceptors (Lipinski definition) is 4. The van der Waals surface area contributed by atoms with E-state index in [1.807, 2.05) is 0 Å². The maximum Gasteiger partial charge on any atom is 0.355 e. The fraction of sp³-hybridized carbons (Fsp3) is 0.235. The molecule has 2 amide bonds. The summed E-state index contributed by atoms with van der Waals surface area (Å²) in [6, 6.07) is 8.52. The van der Waals surface area contributed by atoms with Gasteiger partial charge in [-0.1, -0.05) is 0 Å². The number of nitrogens with one attached hydrogen (secondary N) is 1. The number of carbonyl (C=O) groups excluding carboxylic acids is 3. The van der Waals surface area contributed by atoms with E-state index in [0.29, 0.717) is 11.4 Å². The van der Waals surface area contributed by atoms with Crippen molar-refractivity contribution in [1.82, 2.24) is 9.47 Å². The molecule has 0 unspecified atom stereocenters. The van der Waals surface area contributed by atoms with Gasteiger partial charge >= 0.3 is 5.97 Å². The average molecular weight is 347 g/mol.